The number of carbonyl (C=O) groups excluding carboxylic acids is 2. The van der Waals surface area contributed by atoms with Gasteiger partial charge in [-0.25, -0.2) is 0 Å². The molecule has 8 heteroatoms. The number of aryl methyl sites for hydroxylation is 2. The van der Waals surface area contributed by atoms with E-state index in [1.165, 1.54) is 24.5 Å². The summed E-state index contributed by atoms with van der Waals surface area (Å²) < 4.78 is 13.0. The number of hydrogen-bond acceptors (Lipinski definition) is 5. The minimum Gasteiger partial charge on any atom is -0.496 e. The third-order valence-electron chi connectivity index (χ3n) is 4.48. The molecule has 0 aliphatic heterocycles. The predicted octanol–water partition coefficient (Wildman–Crippen LogP) is 4.29. The number of hydrogen-bond donors (Lipinski definition) is 0. The summed E-state index contributed by atoms with van der Waals surface area (Å²) in [6.45, 7) is 6.02. The first-order valence-corrected chi connectivity index (χ1v) is 10.2. The zero-order valence-corrected chi connectivity index (χ0v) is 18.2. The van der Waals surface area contributed by atoms with Gasteiger partial charge in [-0.2, -0.15) is 4.99 Å². The summed E-state index contributed by atoms with van der Waals surface area (Å²) in [5.41, 5.74) is 3.29. The van der Waals surface area contributed by atoms with E-state index < -0.39 is 5.91 Å². The van der Waals surface area contributed by atoms with Gasteiger partial charge in [0.05, 0.1) is 29.5 Å². The number of aromatic nitrogens is 1. The fraction of sp³-hybridized carbons (Fsp3) is 0.286. The summed E-state index contributed by atoms with van der Waals surface area (Å²) in [6, 6.07) is 8.80. The van der Waals surface area contributed by atoms with E-state index in [0.717, 1.165) is 21.3 Å². The number of benzene rings is 2. The first kappa shape index (κ1) is 21.1. The van der Waals surface area contributed by atoms with Crippen LogP contribution in [0.3, 0.4) is 0 Å². The lowest BCUT2D eigenvalue weighted by molar-refractivity contribution is -0.143. The van der Waals surface area contributed by atoms with Gasteiger partial charge in [0, 0.05) is 5.02 Å². The Hall–Kier alpha value is -2.64. The Morgan fingerprint density at radius 2 is 1.90 bits per heavy atom. The highest BCUT2D eigenvalue weighted by molar-refractivity contribution is 7.16. The fourth-order valence-corrected chi connectivity index (χ4v) is 4.17. The molecule has 0 bridgehead atoms. The fourth-order valence-electron chi connectivity index (χ4n) is 2.89. The molecule has 3 rings (SSSR count). The molecule has 1 amide bonds. The number of esters is 1. The molecule has 0 saturated heterocycles. The first-order valence-electron chi connectivity index (χ1n) is 9.02. The van der Waals surface area contributed by atoms with Gasteiger partial charge in [0.15, 0.2) is 4.80 Å². The van der Waals surface area contributed by atoms with Crippen LogP contribution in [0.25, 0.3) is 10.2 Å². The van der Waals surface area contributed by atoms with Crippen LogP contribution in [0.15, 0.2) is 35.3 Å². The highest BCUT2D eigenvalue weighted by Crippen LogP contribution is 2.25. The van der Waals surface area contributed by atoms with Crippen LogP contribution in [-0.4, -0.2) is 30.2 Å². The Morgan fingerprint density at radius 3 is 2.59 bits per heavy atom. The lowest BCUT2D eigenvalue weighted by atomic mass is 10.1. The SMILES string of the molecule is CCOC(=O)Cn1c(=NC(=O)c2cc(Cl)ccc2OC)sc2cc(C)c(C)cc21. The van der Waals surface area contributed by atoms with Gasteiger partial charge in [0.2, 0.25) is 0 Å². The van der Waals surface area contributed by atoms with Crippen LogP contribution in [0.4, 0.5) is 0 Å². The minimum absolute atomic E-state index is 0.0326. The van der Waals surface area contributed by atoms with Crippen molar-refractivity contribution in [2.24, 2.45) is 4.99 Å². The van der Waals surface area contributed by atoms with Crippen molar-refractivity contribution in [1.82, 2.24) is 4.57 Å². The van der Waals surface area contributed by atoms with Gasteiger partial charge in [-0.3, -0.25) is 9.59 Å². The van der Waals surface area contributed by atoms with Gasteiger partial charge in [-0.15, -0.1) is 0 Å². The summed E-state index contributed by atoms with van der Waals surface area (Å²) >= 11 is 7.38. The molecule has 0 saturated carbocycles. The first-order chi connectivity index (χ1) is 13.8. The Bertz CT molecular complexity index is 1160. The number of rotatable bonds is 5. The second kappa shape index (κ2) is 8.80. The maximum absolute atomic E-state index is 12.9. The highest BCUT2D eigenvalue weighted by Gasteiger charge is 2.16. The molecule has 0 aliphatic carbocycles. The third kappa shape index (κ3) is 4.52. The van der Waals surface area contributed by atoms with E-state index >= 15 is 0 Å². The third-order valence-corrected chi connectivity index (χ3v) is 5.76. The molecule has 0 atom stereocenters. The Labute approximate surface area is 177 Å². The van der Waals surface area contributed by atoms with Crippen LogP contribution in [-0.2, 0) is 16.1 Å². The van der Waals surface area contributed by atoms with Crippen molar-refractivity contribution >= 4 is 45.0 Å². The molecule has 0 N–H and O–H groups in total. The average molecular weight is 433 g/mol. The number of halogens is 1. The van der Waals surface area contributed by atoms with Crippen molar-refractivity contribution in [3.05, 3.63) is 56.8 Å². The smallest absolute Gasteiger partial charge is 0.326 e. The molecule has 0 fully saturated rings. The summed E-state index contributed by atoms with van der Waals surface area (Å²) in [7, 11) is 1.48. The molecule has 2 aromatic carbocycles. The molecule has 1 aromatic heterocycles. The van der Waals surface area contributed by atoms with Crippen LogP contribution >= 0.6 is 22.9 Å². The van der Waals surface area contributed by atoms with E-state index in [4.69, 9.17) is 21.1 Å². The van der Waals surface area contributed by atoms with Crippen LogP contribution in [0.1, 0.15) is 28.4 Å². The van der Waals surface area contributed by atoms with Gasteiger partial charge < -0.3 is 14.0 Å². The Balaban J connectivity index is 2.18. The highest BCUT2D eigenvalue weighted by atomic mass is 35.5. The van der Waals surface area contributed by atoms with Gasteiger partial charge in [0.1, 0.15) is 12.3 Å². The molecule has 0 unspecified atom stereocenters. The average Bonchev–Trinajstić information content (AvgIpc) is 2.98. The van der Waals surface area contributed by atoms with E-state index in [1.807, 2.05) is 26.0 Å². The number of methoxy groups -OCH3 is 1. The number of ether oxygens (including phenoxy) is 2. The van der Waals surface area contributed by atoms with E-state index in [1.54, 1.807) is 23.6 Å². The molecular formula is C21H21ClN2O4S. The Kier molecular flexibility index (Phi) is 6.39. The number of carbonyl (C=O) groups is 2. The van der Waals surface area contributed by atoms with Gasteiger partial charge in [0.25, 0.3) is 5.91 Å². The monoisotopic (exact) mass is 432 g/mol. The Morgan fingerprint density at radius 1 is 1.17 bits per heavy atom. The standard InChI is InChI=1S/C21H21ClN2O4S/c1-5-28-19(25)11-24-16-8-12(2)13(3)9-18(16)29-21(24)23-20(26)15-10-14(22)6-7-17(15)27-4/h6-10H,5,11H2,1-4H3. The predicted molar refractivity (Wildman–Crippen MR) is 114 cm³/mol. The molecule has 29 heavy (non-hydrogen) atoms. The van der Waals surface area contributed by atoms with Crippen LogP contribution in [0.2, 0.25) is 5.02 Å². The van der Waals surface area contributed by atoms with Crippen molar-refractivity contribution < 1.29 is 19.1 Å². The van der Waals surface area contributed by atoms with Crippen LogP contribution < -0.4 is 9.54 Å². The number of fused-ring (bicyclic) bond motifs is 1. The van der Waals surface area contributed by atoms with Gasteiger partial charge in [-0.05, 0) is 62.2 Å². The zero-order chi connectivity index (χ0) is 21.1. The topological polar surface area (TPSA) is 69.9 Å². The summed E-state index contributed by atoms with van der Waals surface area (Å²) in [4.78, 5) is 29.7. The van der Waals surface area contributed by atoms with E-state index in [9.17, 15) is 9.59 Å². The van der Waals surface area contributed by atoms with Crippen molar-refractivity contribution in [2.75, 3.05) is 13.7 Å². The quantitative estimate of drug-likeness (QED) is 0.564. The minimum atomic E-state index is -0.498. The van der Waals surface area contributed by atoms with Crippen LogP contribution in [0.5, 0.6) is 5.75 Å². The maximum Gasteiger partial charge on any atom is 0.326 e. The molecule has 0 aliphatic rings. The second-order valence-electron chi connectivity index (χ2n) is 6.44. The lowest BCUT2D eigenvalue weighted by Gasteiger charge is -2.07. The summed E-state index contributed by atoms with van der Waals surface area (Å²) in [6.07, 6.45) is 0. The van der Waals surface area contributed by atoms with E-state index in [2.05, 4.69) is 4.99 Å². The van der Waals surface area contributed by atoms with Crippen molar-refractivity contribution in [1.29, 1.82) is 0 Å². The molecule has 6 nitrogen and oxygen atoms in total. The zero-order valence-electron chi connectivity index (χ0n) is 16.6. The summed E-state index contributed by atoms with van der Waals surface area (Å²) in [5.74, 6) is -0.505. The van der Waals surface area contributed by atoms with Gasteiger partial charge in [-0.1, -0.05) is 22.9 Å². The van der Waals surface area contributed by atoms with Crippen molar-refractivity contribution in [3.63, 3.8) is 0 Å². The summed E-state index contributed by atoms with van der Waals surface area (Å²) in [5, 5.41) is 0.409. The molecule has 1 heterocycles. The second-order valence-corrected chi connectivity index (χ2v) is 7.89. The lowest BCUT2D eigenvalue weighted by Crippen LogP contribution is -2.23. The van der Waals surface area contributed by atoms with Gasteiger partial charge >= 0.3 is 5.97 Å². The molecule has 0 radical (unpaired) electrons. The molecule has 152 valence electrons. The molecule has 0 spiro atoms. The number of nitrogens with zero attached hydrogens (tertiary/aromatic N) is 2. The van der Waals surface area contributed by atoms with Crippen molar-refractivity contribution in [2.45, 2.75) is 27.3 Å². The van der Waals surface area contributed by atoms with E-state index in [-0.39, 0.29) is 24.7 Å². The molecule has 3 aromatic rings. The maximum atomic E-state index is 12.9. The van der Waals surface area contributed by atoms with Crippen LogP contribution in [0, 0.1) is 13.8 Å². The largest absolute Gasteiger partial charge is 0.496 e. The normalized spacial score (nSPS) is 11.7. The van der Waals surface area contributed by atoms with Crippen molar-refractivity contribution in [3.8, 4) is 5.75 Å². The number of amides is 1. The number of thiazole rings is 1. The van der Waals surface area contributed by atoms with E-state index in [0.29, 0.717) is 15.6 Å². The molecular weight excluding hydrogens is 412 g/mol.